The van der Waals surface area contributed by atoms with Gasteiger partial charge in [-0.1, -0.05) is 41.4 Å². The third kappa shape index (κ3) is 3.88. The van der Waals surface area contributed by atoms with E-state index in [0.29, 0.717) is 34.4 Å². The predicted molar refractivity (Wildman–Crippen MR) is 130 cm³/mol. The molecule has 1 N–H and O–H groups in total. The van der Waals surface area contributed by atoms with Gasteiger partial charge in [-0.2, -0.15) is 5.10 Å². The highest BCUT2D eigenvalue weighted by Gasteiger charge is 2.49. The van der Waals surface area contributed by atoms with E-state index in [4.69, 9.17) is 16.0 Å². The molecule has 2 amide bonds. The van der Waals surface area contributed by atoms with Gasteiger partial charge in [0.1, 0.15) is 16.9 Å². The smallest absolute Gasteiger partial charge is 0.277 e. The van der Waals surface area contributed by atoms with Gasteiger partial charge in [-0.05, 0) is 55.8 Å². The van der Waals surface area contributed by atoms with Crippen LogP contribution in [0.5, 0.6) is 0 Å². The summed E-state index contributed by atoms with van der Waals surface area (Å²) < 4.78 is 7.04. The summed E-state index contributed by atoms with van der Waals surface area (Å²) in [5, 5.41) is 8.13. The van der Waals surface area contributed by atoms with Crippen molar-refractivity contribution in [2.45, 2.75) is 32.5 Å². The number of halogens is 1. The molecule has 0 radical (unpaired) electrons. The van der Waals surface area contributed by atoms with Crippen molar-refractivity contribution < 1.29 is 14.0 Å². The van der Waals surface area contributed by atoms with Gasteiger partial charge < -0.3 is 9.73 Å². The van der Waals surface area contributed by atoms with E-state index in [1.54, 1.807) is 60.3 Å². The Bertz CT molecular complexity index is 1360. The van der Waals surface area contributed by atoms with Crippen molar-refractivity contribution in [2.75, 3.05) is 4.90 Å². The minimum Gasteiger partial charge on any atom is -0.463 e. The van der Waals surface area contributed by atoms with Gasteiger partial charge in [-0.3, -0.25) is 19.2 Å². The Hall–Kier alpha value is -3.84. The first kappa shape index (κ1) is 22.0. The number of amides is 2. The van der Waals surface area contributed by atoms with Crippen LogP contribution < -0.4 is 10.2 Å². The van der Waals surface area contributed by atoms with Crippen LogP contribution in [0.15, 0.2) is 77.4 Å². The zero-order chi connectivity index (χ0) is 23.9. The molecule has 172 valence electrons. The number of aromatic nitrogens is 2. The minimum absolute atomic E-state index is 0.178. The Morgan fingerprint density at radius 3 is 2.65 bits per heavy atom. The van der Waals surface area contributed by atoms with Crippen molar-refractivity contribution in [3.8, 4) is 11.5 Å². The number of fused-ring (bicyclic) bond motifs is 1. The molecule has 2 aromatic carbocycles. The zero-order valence-corrected chi connectivity index (χ0v) is 19.5. The summed E-state index contributed by atoms with van der Waals surface area (Å²) in [7, 11) is 0. The maximum absolute atomic E-state index is 13.7. The molecular formula is C26H23ClN4O3. The quantitative estimate of drug-likeness (QED) is 0.449. The number of hydrogen-bond acceptors (Lipinski definition) is 4. The monoisotopic (exact) mass is 474 g/mol. The van der Waals surface area contributed by atoms with Crippen molar-refractivity contribution in [1.82, 2.24) is 15.1 Å². The summed E-state index contributed by atoms with van der Waals surface area (Å²) in [6.07, 6.45) is 1.55. The second-order valence-electron chi connectivity index (χ2n) is 8.61. The largest absolute Gasteiger partial charge is 0.463 e. The molecule has 1 aliphatic rings. The molecule has 0 bridgehead atoms. The molecule has 34 heavy (non-hydrogen) atoms. The second-order valence-corrected chi connectivity index (χ2v) is 9.05. The molecule has 0 saturated carbocycles. The van der Waals surface area contributed by atoms with Gasteiger partial charge in [0, 0.05) is 23.3 Å². The number of benzene rings is 2. The van der Waals surface area contributed by atoms with Gasteiger partial charge in [-0.15, -0.1) is 0 Å². The first-order valence-electron chi connectivity index (χ1n) is 10.9. The van der Waals surface area contributed by atoms with Crippen LogP contribution in [-0.2, 0) is 17.9 Å². The van der Waals surface area contributed by atoms with Gasteiger partial charge in [0.25, 0.3) is 5.91 Å². The Kier molecular flexibility index (Phi) is 5.49. The molecule has 2 aromatic heterocycles. The molecule has 5 rings (SSSR count). The fourth-order valence-corrected chi connectivity index (χ4v) is 4.44. The normalized spacial score (nSPS) is 17.5. The van der Waals surface area contributed by atoms with Gasteiger partial charge in [0.2, 0.25) is 5.91 Å². The summed E-state index contributed by atoms with van der Waals surface area (Å²) in [5.74, 6) is -0.0524. The molecular weight excluding hydrogens is 452 g/mol. The van der Waals surface area contributed by atoms with Crippen LogP contribution in [0.25, 0.3) is 11.5 Å². The van der Waals surface area contributed by atoms with Crippen molar-refractivity contribution in [2.24, 2.45) is 0 Å². The van der Waals surface area contributed by atoms with Crippen molar-refractivity contribution in [3.05, 3.63) is 94.8 Å². The topological polar surface area (TPSA) is 80.4 Å². The van der Waals surface area contributed by atoms with E-state index in [2.05, 4.69) is 10.4 Å². The fraction of sp³-hybridized carbons (Fsp3) is 0.192. The third-order valence-electron chi connectivity index (χ3n) is 6.04. The molecule has 0 aliphatic carbocycles. The summed E-state index contributed by atoms with van der Waals surface area (Å²) in [4.78, 5) is 28.9. The zero-order valence-electron chi connectivity index (χ0n) is 18.8. The number of hydrogen-bond donors (Lipinski definition) is 1. The molecule has 0 saturated heterocycles. The Balaban J connectivity index is 1.53. The number of nitrogens with one attached hydrogen (secondary N) is 1. The maximum atomic E-state index is 13.7. The number of carbonyl (C=O) groups excluding carboxylic acids is 2. The van der Waals surface area contributed by atoms with E-state index >= 15 is 0 Å². The molecule has 8 heteroatoms. The average molecular weight is 475 g/mol. The summed E-state index contributed by atoms with van der Waals surface area (Å²) >= 11 is 6.09. The number of nitrogens with zero attached hydrogens (tertiary/aromatic N) is 3. The molecule has 0 unspecified atom stereocenters. The lowest BCUT2D eigenvalue weighted by Gasteiger charge is -2.43. The van der Waals surface area contributed by atoms with Crippen molar-refractivity contribution in [3.63, 3.8) is 0 Å². The average Bonchev–Trinajstić information content (AvgIpc) is 3.49. The second kappa shape index (κ2) is 8.50. The molecule has 0 fully saturated rings. The number of furan rings is 1. The van der Waals surface area contributed by atoms with Crippen LogP contribution in [0.2, 0.25) is 5.02 Å². The van der Waals surface area contributed by atoms with Gasteiger partial charge in [-0.25, -0.2) is 0 Å². The SMILES string of the molecule is Cc1cccc(CNC(=O)[C@@]2(C)Cn3nc(-c4ccco4)cc3C(=O)N2c2ccc(Cl)cc2)c1. The fourth-order valence-electron chi connectivity index (χ4n) is 4.32. The first-order valence-corrected chi connectivity index (χ1v) is 11.3. The van der Waals surface area contributed by atoms with E-state index in [1.807, 2.05) is 31.2 Å². The van der Waals surface area contributed by atoms with Crippen LogP contribution in [0.1, 0.15) is 28.5 Å². The number of aryl methyl sites for hydroxylation is 1. The lowest BCUT2D eigenvalue weighted by Crippen LogP contribution is -2.64. The first-order chi connectivity index (χ1) is 16.3. The van der Waals surface area contributed by atoms with Gasteiger partial charge in [0.05, 0.1) is 12.8 Å². The highest BCUT2D eigenvalue weighted by Crippen LogP contribution is 2.34. The highest BCUT2D eigenvalue weighted by atomic mass is 35.5. The molecule has 4 aromatic rings. The van der Waals surface area contributed by atoms with E-state index in [0.717, 1.165) is 11.1 Å². The maximum Gasteiger partial charge on any atom is 0.277 e. The highest BCUT2D eigenvalue weighted by molar-refractivity contribution is 6.30. The summed E-state index contributed by atoms with van der Waals surface area (Å²) in [6, 6.07) is 20.1. The van der Waals surface area contributed by atoms with Crippen LogP contribution in [-0.4, -0.2) is 27.1 Å². The lowest BCUT2D eigenvalue weighted by molar-refractivity contribution is -0.126. The van der Waals surface area contributed by atoms with Crippen LogP contribution in [0.3, 0.4) is 0 Å². The van der Waals surface area contributed by atoms with Crippen LogP contribution in [0, 0.1) is 6.92 Å². The summed E-state index contributed by atoms with van der Waals surface area (Å²) in [6.45, 7) is 4.28. The van der Waals surface area contributed by atoms with E-state index < -0.39 is 5.54 Å². The number of carbonyl (C=O) groups is 2. The molecule has 0 spiro atoms. The molecule has 3 heterocycles. The predicted octanol–water partition coefficient (Wildman–Crippen LogP) is 4.84. The van der Waals surface area contributed by atoms with Gasteiger partial charge >= 0.3 is 0 Å². The lowest BCUT2D eigenvalue weighted by atomic mass is 9.93. The molecule has 7 nitrogen and oxygen atoms in total. The minimum atomic E-state index is -1.23. The van der Waals surface area contributed by atoms with E-state index in [1.165, 1.54) is 4.90 Å². The van der Waals surface area contributed by atoms with Crippen LogP contribution in [0.4, 0.5) is 5.69 Å². The molecule has 1 aliphatic heterocycles. The van der Waals surface area contributed by atoms with Crippen LogP contribution >= 0.6 is 11.6 Å². The molecule has 1 atom stereocenters. The Morgan fingerprint density at radius 1 is 1.15 bits per heavy atom. The third-order valence-corrected chi connectivity index (χ3v) is 6.29. The van der Waals surface area contributed by atoms with E-state index in [9.17, 15) is 9.59 Å². The Morgan fingerprint density at radius 2 is 1.94 bits per heavy atom. The standard InChI is InChI=1S/C26H23ClN4O3/c1-17-5-3-6-18(13-17)15-28-25(33)26(2)16-30-22(14-21(29-30)23-7-4-12-34-23)24(32)31(26)20-10-8-19(27)9-11-20/h3-14H,15-16H2,1-2H3,(H,28,33)/t26-/m1/s1. The summed E-state index contributed by atoms with van der Waals surface area (Å²) in [5.41, 5.74) is 2.36. The van der Waals surface area contributed by atoms with E-state index in [-0.39, 0.29) is 18.4 Å². The number of rotatable bonds is 5. The Labute approximate surface area is 201 Å². The van der Waals surface area contributed by atoms with Crippen molar-refractivity contribution >= 4 is 29.1 Å². The van der Waals surface area contributed by atoms with Gasteiger partial charge in [0.15, 0.2) is 5.76 Å². The number of anilines is 1. The van der Waals surface area contributed by atoms with Crippen molar-refractivity contribution in [1.29, 1.82) is 0 Å².